The first-order valence-electron chi connectivity index (χ1n) is 7.34. The molecule has 21 heavy (non-hydrogen) atoms. The fourth-order valence-electron chi connectivity index (χ4n) is 2.66. The lowest BCUT2D eigenvalue weighted by molar-refractivity contribution is 0.0696. The number of fused-ring (bicyclic) bond motifs is 1. The van der Waals surface area contributed by atoms with Crippen molar-refractivity contribution >= 4 is 12.0 Å². The van der Waals surface area contributed by atoms with Gasteiger partial charge in [0.05, 0.1) is 5.56 Å². The molecule has 0 aliphatic carbocycles. The lowest BCUT2D eigenvalue weighted by atomic mass is 10.1. The van der Waals surface area contributed by atoms with E-state index < -0.39 is 5.97 Å². The fourth-order valence-corrected chi connectivity index (χ4v) is 2.66. The highest BCUT2D eigenvalue weighted by molar-refractivity contribution is 5.88. The zero-order valence-electron chi connectivity index (χ0n) is 12.8. The summed E-state index contributed by atoms with van der Waals surface area (Å²) in [6.45, 7) is 7.87. The molecule has 2 amide bonds. The zero-order valence-corrected chi connectivity index (χ0v) is 12.8. The Balaban J connectivity index is 2.15. The van der Waals surface area contributed by atoms with Crippen LogP contribution in [0.3, 0.4) is 0 Å². The van der Waals surface area contributed by atoms with E-state index in [1.54, 1.807) is 17.0 Å². The van der Waals surface area contributed by atoms with Crippen molar-refractivity contribution in [2.24, 2.45) is 0 Å². The first kappa shape index (κ1) is 15.4. The van der Waals surface area contributed by atoms with Gasteiger partial charge in [0.2, 0.25) is 0 Å². The molecule has 0 unspecified atom stereocenters. The van der Waals surface area contributed by atoms with Crippen LogP contribution in [0.4, 0.5) is 4.79 Å². The number of carbonyl (C=O) groups excluding carboxylic acids is 1. The normalized spacial score (nSPS) is 13.4. The second-order valence-corrected chi connectivity index (χ2v) is 5.71. The third-order valence-electron chi connectivity index (χ3n) is 3.78. The van der Waals surface area contributed by atoms with Crippen molar-refractivity contribution in [3.63, 3.8) is 0 Å². The zero-order chi connectivity index (χ0) is 15.6. The van der Waals surface area contributed by atoms with E-state index in [4.69, 9.17) is 5.11 Å². The number of urea groups is 1. The van der Waals surface area contributed by atoms with Crippen molar-refractivity contribution in [3.8, 4) is 0 Å². The first-order chi connectivity index (χ1) is 9.93. The Hall–Kier alpha value is -2.04. The van der Waals surface area contributed by atoms with Crippen molar-refractivity contribution < 1.29 is 14.7 Å². The highest BCUT2D eigenvalue weighted by Crippen LogP contribution is 2.25. The van der Waals surface area contributed by atoms with Gasteiger partial charge in [-0.05, 0) is 43.5 Å². The molecule has 1 aliphatic heterocycles. The van der Waals surface area contributed by atoms with Gasteiger partial charge in [0.15, 0.2) is 0 Å². The van der Waals surface area contributed by atoms with Crippen LogP contribution in [0, 0.1) is 0 Å². The minimum Gasteiger partial charge on any atom is -0.478 e. The van der Waals surface area contributed by atoms with Crippen LogP contribution in [0.2, 0.25) is 0 Å². The third-order valence-corrected chi connectivity index (χ3v) is 3.78. The maximum atomic E-state index is 12.6. The summed E-state index contributed by atoms with van der Waals surface area (Å²) in [6.07, 6.45) is 0.924. The van der Waals surface area contributed by atoms with Crippen LogP contribution in [-0.4, -0.2) is 39.5 Å². The number of carbonyl (C=O) groups is 2. The number of nitrogens with zero attached hydrogens (tertiary/aromatic N) is 2. The number of hydrogen-bond acceptors (Lipinski definition) is 2. The van der Waals surface area contributed by atoms with Crippen molar-refractivity contribution in [1.82, 2.24) is 9.80 Å². The second-order valence-electron chi connectivity index (χ2n) is 5.71. The molecule has 0 fully saturated rings. The van der Waals surface area contributed by atoms with Crippen LogP contribution in [0.25, 0.3) is 0 Å². The molecular formula is C16H22N2O3. The molecule has 2 rings (SSSR count). The van der Waals surface area contributed by atoms with Gasteiger partial charge in [0.1, 0.15) is 0 Å². The molecule has 0 saturated heterocycles. The van der Waals surface area contributed by atoms with E-state index in [0.717, 1.165) is 24.1 Å². The van der Waals surface area contributed by atoms with Gasteiger partial charge >= 0.3 is 12.0 Å². The molecule has 0 radical (unpaired) electrons. The standard InChI is InChI=1S/C16H22N2O3/c1-4-7-18(11(2)3)16(21)17-9-13-6-5-12(15(19)20)8-14(13)10-17/h5-6,8,11H,4,7,9-10H2,1-3H3,(H,19,20). The number of hydrogen-bond donors (Lipinski definition) is 1. The van der Waals surface area contributed by atoms with Gasteiger partial charge < -0.3 is 14.9 Å². The predicted molar refractivity (Wildman–Crippen MR) is 80.2 cm³/mol. The molecule has 1 aromatic carbocycles. The maximum Gasteiger partial charge on any atom is 0.335 e. The molecule has 0 atom stereocenters. The van der Waals surface area contributed by atoms with Crippen molar-refractivity contribution in [2.45, 2.75) is 46.3 Å². The number of amides is 2. The molecule has 0 spiro atoms. The molecule has 0 saturated carbocycles. The van der Waals surface area contributed by atoms with Gasteiger partial charge in [-0.3, -0.25) is 0 Å². The number of benzene rings is 1. The minimum absolute atomic E-state index is 0.0277. The predicted octanol–water partition coefficient (Wildman–Crippen LogP) is 2.94. The van der Waals surface area contributed by atoms with Gasteiger partial charge in [-0.15, -0.1) is 0 Å². The number of aromatic carboxylic acids is 1. The highest BCUT2D eigenvalue weighted by Gasteiger charge is 2.28. The van der Waals surface area contributed by atoms with Gasteiger partial charge in [0.25, 0.3) is 0 Å². The highest BCUT2D eigenvalue weighted by atomic mass is 16.4. The van der Waals surface area contributed by atoms with E-state index in [2.05, 4.69) is 6.92 Å². The summed E-state index contributed by atoms with van der Waals surface area (Å²) in [4.78, 5) is 27.3. The molecule has 1 N–H and O–H groups in total. The van der Waals surface area contributed by atoms with Crippen molar-refractivity contribution in [3.05, 3.63) is 34.9 Å². The molecule has 5 heteroatoms. The number of carboxylic acids is 1. The van der Waals surface area contributed by atoms with Gasteiger partial charge in [-0.1, -0.05) is 13.0 Å². The van der Waals surface area contributed by atoms with Crippen LogP contribution in [0.15, 0.2) is 18.2 Å². The Kier molecular flexibility index (Phi) is 4.50. The van der Waals surface area contributed by atoms with Crippen LogP contribution in [0.1, 0.15) is 48.7 Å². The van der Waals surface area contributed by atoms with E-state index >= 15 is 0 Å². The monoisotopic (exact) mass is 290 g/mol. The SMILES string of the molecule is CCCN(C(=O)N1Cc2ccc(C(=O)O)cc2C1)C(C)C. The molecule has 1 aromatic rings. The minimum atomic E-state index is -0.933. The van der Waals surface area contributed by atoms with E-state index in [0.29, 0.717) is 13.1 Å². The Morgan fingerprint density at radius 3 is 2.52 bits per heavy atom. The van der Waals surface area contributed by atoms with Crippen LogP contribution < -0.4 is 0 Å². The molecule has 0 aromatic heterocycles. The van der Waals surface area contributed by atoms with E-state index in [-0.39, 0.29) is 17.6 Å². The first-order valence-corrected chi connectivity index (χ1v) is 7.34. The van der Waals surface area contributed by atoms with E-state index in [9.17, 15) is 9.59 Å². The average Bonchev–Trinajstić information content (AvgIpc) is 2.86. The van der Waals surface area contributed by atoms with Crippen molar-refractivity contribution in [1.29, 1.82) is 0 Å². The van der Waals surface area contributed by atoms with Gasteiger partial charge in [-0.25, -0.2) is 9.59 Å². The third kappa shape index (κ3) is 3.17. The average molecular weight is 290 g/mol. The van der Waals surface area contributed by atoms with Crippen molar-refractivity contribution in [2.75, 3.05) is 6.54 Å². The second kappa shape index (κ2) is 6.16. The maximum absolute atomic E-state index is 12.6. The summed E-state index contributed by atoms with van der Waals surface area (Å²) >= 11 is 0. The molecule has 1 aliphatic rings. The quantitative estimate of drug-likeness (QED) is 0.927. The molecule has 0 bridgehead atoms. The summed E-state index contributed by atoms with van der Waals surface area (Å²) < 4.78 is 0. The molecule has 1 heterocycles. The molecular weight excluding hydrogens is 268 g/mol. The topological polar surface area (TPSA) is 60.9 Å². The smallest absolute Gasteiger partial charge is 0.335 e. The number of rotatable bonds is 4. The molecule has 5 nitrogen and oxygen atoms in total. The summed E-state index contributed by atoms with van der Waals surface area (Å²) in [5, 5.41) is 9.03. The van der Waals surface area contributed by atoms with Crippen LogP contribution in [0.5, 0.6) is 0 Å². The van der Waals surface area contributed by atoms with Gasteiger partial charge in [-0.2, -0.15) is 0 Å². The summed E-state index contributed by atoms with van der Waals surface area (Å²) in [7, 11) is 0. The van der Waals surface area contributed by atoms with E-state index in [1.807, 2.05) is 24.8 Å². The van der Waals surface area contributed by atoms with Gasteiger partial charge in [0, 0.05) is 25.7 Å². The fraction of sp³-hybridized carbons (Fsp3) is 0.500. The Labute approximate surface area is 125 Å². The van der Waals surface area contributed by atoms with Crippen LogP contribution >= 0.6 is 0 Å². The lowest BCUT2D eigenvalue weighted by Crippen LogP contribution is -2.44. The summed E-state index contributed by atoms with van der Waals surface area (Å²) in [5.41, 5.74) is 2.24. The largest absolute Gasteiger partial charge is 0.478 e. The van der Waals surface area contributed by atoms with E-state index in [1.165, 1.54) is 0 Å². The Morgan fingerprint density at radius 2 is 1.95 bits per heavy atom. The summed E-state index contributed by atoms with van der Waals surface area (Å²) in [5.74, 6) is -0.933. The van der Waals surface area contributed by atoms with Crippen LogP contribution in [-0.2, 0) is 13.1 Å². The number of carboxylic acid groups (broad SMARTS) is 1. The Morgan fingerprint density at radius 1 is 1.29 bits per heavy atom. The Bertz CT molecular complexity index is 554. The summed E-state index contributed by atoms with van der Waals surface area (Å²) in [6, 6.07) is 5.27. The molecule has 114 valence electrons. The lowest BCUT2D eigenvalue weighted by Gasteiger charge is -2.30.